The Bertz CT molecular complexity index is 516. The third-order valence-corrected chi connectivity index (χ3v) is 2.94. The van der Waals surface area contributed by atoms with E-state index in [2.05, 4.69) is 4.98 Å². The number of aliphatic hydroxyl groups is 2. The van der Waals surface area contributed by atoms with Gasteiger partial charge in [0.05, 0.1) is 6.61 Å². The number of aliphatic hydroxyl groups excluding tert-OH is 2. The average Bonchev–Trinajstić information content (AvgIpc) is 2.48. The van der Waals surface area contributed by atoms with Crippen molar-refractivity contribution >= 4 is 5.82 Å². The van der Waals surface area contributed by atoms with Gasteiger partial charge in [-0.25, -0.2) is 9.36 Å². The number of nitrogen functional groups attached to an aromatic ring is 1. The molecular weight excluding hydrogens is 230 g/mol. The van der Waals surface area contributed by atoms with Crippen LogP contribution >= 0.6 is 0 Å². The van der Waals surface area contributed by atoms with Gasteiger partial charge >= 0.3 is 5.69 Å². The molecule has 3 heterocycles. The Kier molecular flexibility index (Phi) is 2.12. The molecule has 17 heavy (non-hydrogen) atoms. The summed E-state index contributed by atoms with van der Waals surface area (Å²) in [6.45, 7) is -0.302. The third kappa shape index (κ3) is 1.35. The molecule has 0 aliphatic carbocycles. The molecule has 0 amide bonds. The van der Waals surface area contributed by atoms with Crippen molar-refractivity contribution in [2.24, 2.45) is 0 Å². The van der Waals surface area contributed by atoms with Crippen LogP contribution < -0.4 is 16.2 Å². The Morgan fingerprint density at radius 3 is 3.06 bits per heavy atom. The smallest absolute Gasteiger partial charge is 0.354 e. The van der Waals surface area contributed by atoms with E-state index in [1.54, 1.807) is 0 Å². The zero-order valence-corrected chi connectivity index (χ0v) is 8.68. The highest BCUT2D eigenvalue weighted by Gasteiger charge is 2.50. The van der Waals surface area contributed by atoms with E-state index in [1.165, 1.54) is 6.07 Å². The number of nitrogens with zero attached hydrogens (tertiary/aromatic N) is 2. The largest absolute Gasteiger partial charge is 0.469 e. The lowest BCUT2D eigenvalue weighted by Crippen LogP contribution is -2.45. The maximum atomic E-state index is 11.7. The number of rotatable bonds is 1. The second kappa shape index (κ2) is 3.42. The molecule has 0 aromatic carbocycles. The van der Waals surface area contributed by atoms with E-state index in [-0.39, 0.29) is 18.3 Å². The molecule has 1 aromatic heterocycles. The third-order valence-electron chi connectivity index (χ3n) is 2.94. The van der Waals surface area contributed by atoms with Crippen molar-refractivity contribution in [2.45, 2.75) is 24.5 Å². The zero-order valence-electron chi connectivity index (χ0n) is 8.68. The second-order valence-electron chi connectivity index (χ2n) is 3.99. The van der Waals surface area contributed by atoms with Crippen LogP contribution in [0.4, 0.5) is 5.82 Å². The molecule has 0 unspecified atom stereocenters. The van der Waals surface area contributed by atoms with E-state index < -0.39 is 30.2 Å². The van der Waals surface area contributed by atoms with Crippen LogP contribution in [0.25, 0.3) is 0 Å². The first-order valence-corrected chi connectivity index (χ1v) is 5.12. The van der Waals surface area contributed by atoms with Gasteiger partial charge in [0.1, 0.15) is 18.0 Å². The van der Waals surface area contributed by atoms with Gasteiger partial charge in [-0.1, -0.05) is 0 Å². The normalized spacial score (nSPS) is 34.2. The van der Waals surface area contributed by atoms with E-state index in [0.717, 1.165) is 4.57 Å². The van der Waals surface area contributed by atoms with Gasteiger partial charge < -0.3 is 25.4 Å². The van der Waals surface area contributed by atoms with Crippen molar-refractivity contribution in [1.29, 1.82) is 0 Å². The number of nitrogens with two attached hydrogens (primary N) is 1. The summed E-state index contributed by atoms with van der Waals surface area (Å²) in [6.07, 6.45) is -3.27. The number of fused-ring (bicyclic) bond motifs is 4. The molecule has 2 aliphatic heterocycles. The molecule has 3 rings (SSSR count). The Morgan fingerprint density at radius 2 is 2.35 bits per heavy atom. The summed E-state index contributed by atoms with van der Waals surface area (Å²) in [4.78, 5) is 15.2. The van der Waals surface area contributed by atoms with Gasteiger partial charge in [-0.15, -0.1) is 0 Å². The molecule has 1 aromatic rings. The predicted molar refractivity (Wildman–Crippen MR) is 54.3 cm³/mol. The minimum Gasteiger partial charge on any atom is -0.469 e. The monoisotopic (exact) mass is 241 g/mol. The van der Waals surface area contributed by atoms with E-state index in [1.807, 2.05) is 0 Å². The Hall–Kier alpha value is -1.64. The molecule has 4 atom stereocenters. The molecule has 1 fully saturated rings. The summed E-state index contributed by atoms with van der Waals surface area (Å²) < 4.78 is 11.8. The summed E-state index contributed by atoms with van der Waals surface area (Å²) in [6, 6.07) is 1.39. The van der Waals surface area contributed by atoms with Crippen molar-refractivity contribution in [3.8, 4) is 5.88 Å². The highest BCUT2D eigenvalue weighted by atomic mass is 16.6. The van der Waals surface area contributed by atoms with E-state index in [0.29, 0.717) is 0 Å². The SMILES string of the molecule is Nc1cc2n(c(=O)n1)[C@@H]1O[C@H](CO)[C@H](O2)[C@H]1O. The first-order valence-electron chi connectivity index (χ1n) is 5.12. The van der Waals surface area contributed by atoms with Crippen molar-refractivity contribution in [1.82, 2.24) is 9.55 Å². The molecule has 1 saturated heterocycles. The standard InChI is InChI=1S/C9H11N3O5/c10-4-1-5-12(9(15)11-4)8-6(14)7(17-5)3(2-13)16-8/h1,3,6-8,13-14H,2H2,(H2,10,11,15)/t3-,6-,7+,8-/m1/s1. The molecule has 0 spiro atoms. The van der Waals surface area contributed by atoms with Crippen LogP contribution in [0.2, 0.25) is 0 Å². The van der Waals surface area contributed by atoms with E-state index >= 15 is 0 Å². The fourth-order valence-electron chi connectivity index (χ4n) is 2.18. The fourth-order valence-corrected chi connectivity index (χ4v) is 2.18. The van der Waals surface area contributed by atoms with Crippen molar-refractivity contribution in [2.75, 3.05) is 12.3 Å². The first kappa shape index (κ1) is 10.5. The summed E-state index contributed by atoms with van der Waals surface area (Å²) in [5.41, 5.74) is 4.79. The van der Waals surface area contributed by atoms with Crippen LogP contribution in [0, 0.1) is 0 Å². The quantitative estimate of drug-likeness (QED) is 0.512. The van der Waals surface area contributed by atoms with Crippen LogP contribution in [0.5, 0.6) is 5.88 Å². The number of ether oxygens (including phenoxy) is 2. The molecule has 2 bridgehead atoms. The maximum absolute atomic E-state index is 11.7. The van der Waals surface area contributed by atoms with Gasteiger partial charge in [0.25, 0.3) is 0 Å². The fraction of sp³-hybridized carbons (Fsp3) is 0.556. The molecule has 0 radical (unpaired) electrons. The summed E-state index contributed by atoms with van der Waals surface area (Å²) in [5, 5.41) is 19.0. The minimum absolute atomic E-state index is 0.0394. The van der Waals surface area contributed by atoms with Gasteiger partial charge in [0.15, 0.2) is 12.3 Å². The molecule has 2 aliphatic rings. The van der Waals surface area contributed by atoms with Gasteiger partial charge in [-0.05, 0) is 0 Å². The minimum atomic E-state index is -1.01. The Balaban J connectivity index is 2.13. The topological polar surface area (TPSA) is 120 Å². The van der Waals surface area contributed by atoms with Crippen LogP contribution in [-0.2, 0) is 4.74 Å². The summed E-state index contributed by atoms with van der Waals surface area (Å²) >= 11 is 0. The Morgan fingerprint density at radius 1 is 1.59 bits per heavy atom. The van der Waals surface area contributed by atoms with Gasteiger partial charge in [0.2, 0.25) is 5.88 Å². The highest BCUT2D eigenvalue weighted by Crippen LogP contribution is 2.38. The first-order chi connectivity index (χ1) is 8.11. The molecule has 4 N–H and O–H groups in total. The van der Waals surface area contributed by atoms with E-state index in [4.69, 9.17) is 20.3 Å². The predicted octanol–water partition coefficient (Wildman–Crippen LogP) is -2.16. The lowest BCUT2D eigenvalue weighted by molar-refractivity contribution is -0.0560. The van der Waals surface area contributed by atoms with E-state index in [9.17, 15) is 9.90 Å². The molecule has 8 heteroatoms. The maximum Gasteiger partial charge on any atom is 0.354 e. The lowest BCUT2D eigenvalue weighted by atomic mass is 10.1. The number of anilines is 1. The van der Waals surface area contributed by atoms with Crippen molar-refractivity contribution < 1.29 is 19.7 Å². The molecule has 8 nitrogen and oxygen atoms in total. The highest BCUT2D eigenvalue weighted by molar-refractivity contribution is 5.33. The lowest BCUT2D eigenvalue weighted by Gasteiger charge is -2.28. The summed E-state index contributed by atoms with van der Waals surface area (Å²) in [5.74, 6) is 0.233. The van der Waals surface area contributed by atoms with Crippen LogP contribution in [0.1, 0.15) is 6.23 Å². The average molecular weight is 241 g/mol. The van der Waals surface area contributed by atoms with Crippen molar-refractivity contribution in [3.05, 3.63) is 16.6 Å². The Labute approximate surface area is 95.2 Å². The molecule has 0 saturated carbocycles. The van der Waals surface area contributed by atoms with Crippen LogP contribution in [-0.4, -0.2) is 44.7 Å². The molecule has 92 valence electrons. The van der Waals surface area contributed by atoms with Gasteiger partial charge in [0, 0.05) is 6.07 Å². The van der Waals surface area contributed by atoms with Crippen molar-refractivity contribution in [3.63, 3.8) is 0 Å². The second-order valence-corrected chi connectivity index (χ2v) is 3.99. The number of hydrogen-bond acceptors (Lipinski definition) is 7. The zero-order chi connectivity index (χ0) is 12.2. The summed E-state index contributed by atoms with van der Waals surface area (Å²) in [7, 11) is 0. The van der Waals surface area contributed by atoms with Crippen LogP contribution in [0.3, 0.4) is 0 Å². The van der Waals surface area contributed by atoms with Gasteiger partial charge in [-0.2, -0.15) is 4.98 Å². The molecular formula is C9H11N3O5. The van der Waals surface area contributed by atoms with Gasteiger partial charge in [-0.3, -0.25) is 0 Å². The number of aromatic nitrogens is 2. The number of hydrogen-bond donors (Lipinski definition) is 3. The van der Waals surface area contributed by atoms with Crippen LogP contribution in [0.15, 0.2) is 10.9 Å².